The lowest BCUT2D eigenvalue weighted by molar-refractivity contribution is 0.0389. The van der Waals surface area contributed by atoms with Crippen LogP contribution in [-0.4, -0.2) is 85.8 Å². The van der Waals surface area contributed by atoms with Crippen molar-refractivity contribution in [1.82, 2.24) is 19.9 Å². The molecule has 0 aromatic carbocycles. The average molecular weight is 563 g/mol. The van der Waals surface area contributed by atoms with E-state index in [0.717, 1.165) is 73.0 Å². The summed E-state index contributed by atoms with van der Waals surface area (Å²) in [6, 6.07) is 1.89. The fourth-order valence-electron chi connectivity index (χ4n) is 4.70. The predicted octanol–water partition coefficient (Wildman–Crippen LogP) is 4.67. The average Bonchev–Trinajstić information content (AvgIpc) is 3.30. The number of nitrogens with zero attached hydrogens (tertiary/aromatic N) is 5. The molecule has 2 aliphatic heterocycles. The first kappa shape index (κ1) is 30.4. The van der Waals surface area contributed by atoms with Crippen LogP contribution in [0.2, 0.25) is 0 Å². The molecule has 3 aromatic rings. The number of likely N-dealkylation sites (tertiary alicyclic amines) is 1. The molecular weight excluding hydrogens is 520 g/mol. The van der Waals surface area contributed by atoms with Gasteiger partial charge in [-0.1, -0.05) is 13.8 Å². The molecule has 2 saturated heterocycles. The summed E-state index contributed by atoms with van der Waals surface area (Å²) in [5.74, 6) is 1.15. The van der Waals surface area contributed by atoms with Gasteiger partial charge in [0.25, 0.3) is 0 Å². The van der Waals surface area contributed by atoms with Crippen molar-refractivity contribution in [2.24, 2.45) is 0 Å². The first-order chi connectivity index (χ1) is 18.6. The number of ether oxygens (including phenoxy) is 3. The fourth-order valence-corrected chi connectivity index (χ4v) is 5.82. The minimum absolute atomic E-state index is 0.367. The minimum Gasteiger partial charge on any atom is -0.480 e. The third kappa shape index (κ3) is 6.87. The Kier molecular flexibility index (Phi) is 11.9. The summed E-state index contributed by atoms with van der Waals surface area (Å²) < 4.78 is 17.4. The Balaban J connectivity index is 0.000000956. The molecule has 0 radical (unpaired) electrons. The highest BCUT2D eigenvalue weighted by atomic mass is 32.1. The lowest BCUT2D eigenvalue weighted by atomic mass is 10.1. The van der Waals surface area contributed by atoms with Crippen LogP contribution in [0.5, 0.6) is 5.88 Å². The Hall–Kier alpha value is -2.18. The van der Waals surface area contributed by atoms with E-state index in [1.807, 2.05) is 27.0 Å². The Labute approximate surface area is 236 Å². The van der Waals surface area contributed by atoms with Crippen molar-refractivity contribution in [2.75, 3.05) is 70.5 Å². The number of nitrogens with two attached hydrogens (primary N) is 1. The van der Waals surface area contributed by atoms with Crippen LogP contribution in [0.4, 0.5) is 11.6 Å². The van der Waals surface area contributed by atoms with Gasteiger partial charge >= 0.3 is 0 Å². The monoisotopic (exact) mass is 562 g/mol. The third-order valence-corrected chi connectivity index (χ3v) is 7.85. The molecule has 2 fully saturated rings. The molecule has 5 rings (SSSR count). The molecule has 9 nitrogen and oxygen atoms in total. The number of aromatic nitrogens is 3. The number of aryl methyl sites for hydroxylation is 1. The number of hydrogen-bond acceptors (Lipinski definition) is 11. The van der Waals surface area contributed by atoms with E-state index in [4.69, 9.17) is 29.9 Å². The highest BCUT2D eigenvalue weighted by molar-refractivity contribution is 7.79. The number of piperidine rings is 1. The fraction of sp³-hybridized carbons (Fsp3) is 0.593. The van der Waals surface area contributed by atoms with E-state index in [1.54, 1.807) is 30.9 Å². The van der Waals surface area contributed by atoms with E-state index in [0.29, 0.717) is 30.9 Å². The van der Waals surface area contributed by atoms with Crippen molar-refractivity contribution in [3.8, 4) is 17.1 Å². The molecule has 210 valence electrons. The van der Waals surface area contributed by atoms with Crippen LogP contribution < -0.4 is 15.4 Å². The van der Waals surface area contributed by atoms with Crippen molar-refractivity contribution in [1.29, 1.82) is 0 Å². The quantitative estimate of drug-likeness (QED) is 0.415. The van der Waals surface area contributed by atoms with Gasteiger partial charge in [-0.05, 0) is 32.1 Å². The van der Waals surface area contributed by atoms with Gasteiger partial charge in [-0.15, -0.1) is 11.3 Å². The van der Waals surface area contributed by atoms with Gasteiger partial charge in [-0.2, -0.15) is 12.6 Å². The zero-order valence-electron chi connectivity index (χ0n) is 23.5. The maximum Gasteiger partial charge on any atom is 0.236 e. The number of anilines is 2. The number of nitrogen functional groups attached to an aromatic ring is 1. The van der Waals surface area contributed by atoms with Gasteiger partial charge in [0.15, 0.2) is 0 Å². The van der Waals surface area contributed by atoms with E-state index in [9.17, 15) is 0 Å². The Morgan fingerprint density at radius 2 is 1.79 bits per heavy atom. The number of hydrogen-bond donors (Lipinski definition) is 2. The summed E-state index contributed by atoms with van der Waals surface area (Å²) in [6.07, 6.45) is 5.97. The summed E-state index contributed by atoms with van der Waals surface area (Å²) in [6.45, 7) is 12.0. The maximum absolute atomic E-state index is 6.20. The Bertz CT molecular complexity index is 1160. The van der Waals surface area contributed by atoms with Crippen LogP contribution in [-0.2, 0) is 16.0 Å². The highest BCUT2D eigenvalue weighted by Crippen LogP contribution is 2.39. The topological polar surface area (TPSA) is 98.9 Å². The second kappa shape index (κ2) is 14.8. The summed E-state index contributed by atoms with van der Waals surface area (Å²) in [7, 11) is 3.38. The highest BCUT2D eigenvalue weighted by Gasteiger charge is 2.25. The lowest BCUT2D eigenvalue weighted by Gasteiger charge is -2.31. The molecular formula is C27H42N6O3S2. The molecule has 11 heteroatoms. The van der Waals surface area contributed by atoms with Crippen LogP contribution in [0, 0.1) is 6.92 Å². The SMILES string of the molecule is CC.COc1ncc(-c2nc(N3CCOCC3)nc3c(CN4CCC(OC)CC4)c(C)sc23)cc1N.CS. The molecule has 2 aliphatic rings. The smallest absolute Gasteiger partial charge is 0.236 e. The van der Waals surface area contributed by atoms with E-state index in [1.165, 1.54) is 10.4 Å². The van der Waals surface area contributed by atoms with E-state index in [2.05, 4.69) is 34.3 Å². The van der Waals surface area contributed by atoms with Crippen LogP contribution in [0.15, 0.2) is 12.3 Å². The van der Waals surface area contributed by atoms with Gasteiger partial charge < -0.3 is 24.8 Å². The summed E-state index contributed by atoms with van der Waals surface area (Å²) in [5.41, 5.74) is 10.7. The molecule has 0 unspecified atom stereocenters. The number of morpholine rings is 1. The molecule has 0 atom stereocenters. The van der Waals surface area contributed by atoms with Gasteiger partial charge in [0.1, 0.15) is 0 Å². The van der Waals surface area contributed by atoms with E-state index in [-0.39, 0.29) is 0 Å². The van der Waals surface area contributed by atoms with Gasteiger partial charge in [-0.25, -0.2) is 15.0 Å². The third-order valence-electron chi connectivity index (χ3n) is 6.71. The van der Waals surface area contributed by atoms with Gasteiger partial charge in [0.2, 0.25) is 11.8 Å². The Morgan fingerprint density at radius 1 is 1.11 bits per heavy atom. The minimum atomic E-state index is 0.367. The standard InChI is InChI=1S/C24H32N6O3S.C2H6.CH4S/c1-15-18(14-29-6-4-17(31-2)5-7-29)21-22(34-15)20(16-12-19(25)23(32-3)26-13-16)27-24(28-21)30-8-10-33-11-9-30;2*1-2/h12-13,17H,4-11,14,25H2,1-3H3;1-2H3;2H,1H3. The number of methoxy groups -OCH3 is 2. The van der Waals surface area contributed by atoms with E-state index >= 15 is 0 Å². The number of thiol groups is 1. The van der Waals surface area contributed by atoms with Crippen LogP contribution >= 0.6 is 24.0 Å². The van der Waals surface area contributed by atoms with Gasteiger partial charge in [-0.3, -0.25) is 4.90 Å². The first-order valence-corrected chi connectivity index (χ1v) is 14.9. The summed E-state index contributed by atoms with van der Waals surface area (Å²) in [4.78, 5) is 20.5. The Morgan fingerprint density at radius 3 is 2.39 bits per heavy atom. The zero-order valence-corrected chi connectivity index (χ0v) is 25.2. The van der Waals surface area contributed by atoms with Crippen molar-refractivity contribution in [3.05, 3.63) is 22.7 Å². The predicted molar refractivity (Wildman–Crippen MR) is 161 cm³/mol. The van der Waals surface area contributed by atoms with Crippen molar-refractivity contribution in [3.63, 3.8) is 0 Å². The molecule has 2 N–H and O–H groups in total. The number of fused-ring (bicyclic) bond motifs is 1. The van der Waals surface area contributed by atoms with Crippen LogP contribution in [0.25, 0.3) is 21.5 Å². The second-order valence-electron chi connectivity index (χ2n) is 8.82. The van der Waals surface area contributed by atoms with Crippen molar-refractivity contribution >= 4 is 45.8 Å². The van der Waals surface area contributed by atoms with Crippen LogP contribution in [0.1, 0.15) is 37.1 Å². The molecule has 0 aliphatic carbocycles. The molecule has 0 bridgehead atoms. The van der Waals surface area contributed by atoms with E-state index < -0.39 is 0 Å². The van der Waals surface area contributed by atoms with Crippen molar-refractivity contribution in [2.45, 2.75) is 46.3 Å². The normalized spacial score (nSPS) is 16.4. The summed E-state index contributed by atoms with van der Waals surface area (Å²) >= 11 is 5.27. The second-order valence-corrected chi connectivity index (χ2v) is 10.0. The summed E-state index contributed by atoms with van der Waals surface area (Å²) in [5, 5.41) is 0. The van der Waals surface area contributed by atoms with Crippen LogP contribution in [0.3, 0.4) is 0 Å². The number of rotatable bonds is 6. The van der Waals surface area contributed by atoms with Gasteiger partial charge in [0, 0.05) is 62.0 Å². The molecule has 0 saturated carbocycles. The number of pyridine rings is 1. The molecule has 38 heavy (non-hydrogen) atoms. The van der Waals surface area contributed by atoms with Crippen molar-refractivity contribution < 1.29 is 14.2 Å². The first-order valence-electron chi connectivity index (χ1n) is 13.2. The maximum atomic E-state index is 6.20. The molecule has 0 amide bonds. The largest absolute Gasteiger partial charge is 0.480 e. The molecule has 3 aromatic heterocycles. The molecule has 5 heterocycles. The zero-order chi connectivity index (χ0) is 27.7. The number of thiophene rings is 1. The lowest BCUT2D eigenvalue weighted by Crippen LogP contribution is -2.37. The van der Waals surface area contributed by atoms with Gasteiger partial charge in [0.05, 0.1) is 48.0 Å². The molecule has 0 spiro atoms.